The number of carboxylic acids is 1. The first-order valence-corrected chi connectivity index (χ1v) is 5.51. The minimum absolute atomic E-state index is 0.0906. The molecule has 1 aromatic rings. The molecule has 7 nitrogen and oxygen atoms in total. The number of nitro groups is 1. The second kappa shape index (κ2) is 5.47. The smallest absolute Gasteiger partial charge is 0.318 e. The zero-order valence-corrected chi connectivity index (χ0v) is 10.5. The number of amides is 1. The molecular formula is C12H14N2O5. The van der Waals surface area contributed by atoms with Crippen LogP contribution in [-0.4, -0.2) is 21.9 Å². The highest BCUT2D eigenvalue weighted by atomic mass is 16.6. The molecule has 0 atom stereocenters. The molecule has 7 heteroatoms. The average molecular weight is 266 g/mol. The molecule has 0 heterocycles. The number of nitrogens with one attached hydrogen (secondary N) is 1. The van der Waals surface area contributed by atoms with E-state index in [2.05, 4.69) is 5.32 Å². The van der Waals surface area contributed by atoms with Gasteiger partial charge >= 0.3 is 5.97 Å². The Bertz CT molecular complexity index is 525. The quantitative estimate of drug-likeness (QED) is 0.474. The summed E-state index contributed by atoms with van der Waals surface area (Å²) >= 11 is 0. The maximum Gasteiger partial charge on any atom is 0.318 e. The van der Waals surface area contributed by atoms with Crippen molar-refractivity contribution in [2.24, 2.45) is 5.41 Å². The van der Waals surface area contributed by atoms with Gasteiger partial charge in [-0.15, -0.1) is 0 Å². The number of nitrogens with zero attached hydrogens (tertiary/aromatic N) is 1. The number of benzene rings is 1. The molecule has 0 saturated heterocycles. The van der Waals surface area contributed by atoms with Crippen LogP contribution in [0.2, 0.25) is 0 Å². The van der Waals surface area contributed by atoms with Gasteiger partial charge in [0.05, 0.1) is 4.92 Å². The van der Waals surface area contributed by atoms with Gasteiger partial charge in [-0.2, -0.15) is 0 Å². The highest BCUT2D eigenvalue weighted by Crippen LogP contribution is 2.19. The fourth-order valence-electron chi connectivity index (χ4n) is 1.33. The van der Waals surface area contributed by atoms with E-state index in [1.807, 2.05) is 0 Å². The van der Waals surface area contributed by atoms with Crippen molar-refractivity contribution in [3.8, 4) is 0 Å². The Kier molecular flexibility index (Phi) is 4.21. The van der Waals surface area contributed by atoms with Crippen LogP contribution in [0.4, 0.5) is 5.69 Å². The molecule has 0 aliphatic carbocycles. The van der Waals surface area contributed by atoms with Crippen LogP contribution in [0.15, 0.2) is 24.3 Å². The maximum atomic E-state index is 11.7. The lowest BCUT2D eigenvalue weighted by Gasteiger charge is -2.18. The van der Waals surface area contributed by atoms with Crippen molar-refractivity contribution in [3.05, 3.63) is 39.9 Å². The Balaban J connectivity index is 2.81. The van der Waals surface area contributed by atoms with Gasteiger partial charge < -0.3 is 10.4 Å². The van der Waals surface area contributed by atoms with Crippen molar-refractivity contribution in [2.45, 2.75) is 20.4 Å². The van der Waals surface area contributed by atoms with E-state index in [9.17, 15) is 19.7 Å². The zero-order valence-electron chi connectivity index (χ0n) is 10.5. The lowest BCUT2D eigenvalue weighted by molar-refractivity contribution is -0.385. The van der Waals surface area contributed by atoms with Crippen LogP contribution >= 0.6 is 0 Å². The molecule has 0 saturated carbocycles. The second-order valence-corrected chi connectivity index (χ2v) is 4.50. The first-order valence-electron chi connectivity index (χ1n) is 5.51. The van der Waals surface area contributed by atoms with E-state index in [0.717, 1.165) is 0 Å². The Morgan fingerprint density at radius 2 is 1.95 bits per heavy atom. The lowest BCUT2D eigenvalue weighted by atomic mass is 9.92. The molecular weight excluding hydrogens is 252 g/mol. The maximum absolute atomic E-state index is 11.7. The summed E-state index contributed by atoms with van der Waals surface area (Å²) in [5.74, 6) is -1.95. The molecule has 0 bridgehead atoms. The molecule has 2 N–H and O–H groups in total. The van der Waals surface area contributed by atoms with Crippen molar-refractivity contribution >= 4 is 17.6 Å². The third-order valence-electron chi connectivity index (χ3n) is 2.73. The fraction of sp³-hybridized carbons (Fsp3) is 0.333. The van der Waals surface area contributed by atoms with E-state index in [0.29, 0.717) is 5.56 Å². The van der Waals surface area contributed by atoms with E-state index in [1.165, 1.54) is 32.0 Å². The van der Waals surface area contributed by atoms with Crippen LogP contribution in [0.25, 0.3) is 0 Å². The zero-order chi connectivity index (χ0) is 14.6. The van der Waals surface area contributed by atoms with E-state index < -0.39 is 22.2 Å². The van der Waals surface area contributed by atoms with Gasteiger partial charge in [0.2, 0.25) is 5.91 Å². The van der Waals surface area contributed by atoms with Crippen molar-refractivity contribution in [1.82, 2.24) is 5.32 Å². The minimum Gasteiger partial charge on any atom is -0.480 e. The number of hydrogen-bond acceptors (Lipinski definition) is 4. The summed E-state index contributed by atoms with van der Waals surface area (Å²) in [6.45, 7) is 2.45. The first-order chi connectivity index (χ1) is 8.76. The van der Waals surface area contributed by atoms with Crippen LogP contribution < -0.4 is 5.32 Å². The largest absolute Gasteiger partial charge is 0.480 e. The number of rotatable bonds is 5. The number of aliphatic carboxylic acids is 1. The van der Waals surface area contributed by atoms with Crippen LogP contribution in [-0.2, 0) is 16.1 Å². The molecule has 0 aliphatic heterocycles. The molecule has 0 spiro atoms. The summed E-state index contributed by atoms with van der Waals surface area (Å²) in [5, 5.41) is 22.0. The Morgan fingerprint density at radius 1 is 1.37 bits per heavy atom. The number of para-hydroxylation sites is 1. The summed E-state index contributed by atoms with van der Waals surface area (Å²) in [4.78, 5) is 32.8. The van der Waals surface area contributed by atoms with Gasteiger partial charge in [0.25, 0.3) is 5.69 Å². The van der Waals surface area contributed by atoms with E-state index in [-0.39, 0.29) is 12.2 Å². The Morgan fingerprint density at radius 3 is 2.47 bits per heavy atom. The SMILES string of the molecule is CC(C)(C(=O)O)C(=O)NCc1ccccc1[N+](=O)[O-]. The normalized spacial score (nSPS) is 10.8. The topological polar surface area (TPSA) is 110 Å². The predicted octanol–water partition coefficient (Wildman–Crippen LogP) is 1.32. The fourth-order valence-corrected chi connectivity index (χ4v) is 1.33. The van der Waals surface area contributed by atoms with Gasteiger partial charge in [-0.05, 0) is 13.8 Å². The summed E-state index contributed by atoms with van der Waals surface area (Å²) in [7, 11) is 0. The van der Waals surface area contributed by atoms with Crippen molar-refractivity contribution in [1.29, 1.82) is 0 Å². The standard InChI is InChI=1S/C12H14N2O5/c1-12(2,11(16)17)10(15)13-7-8-5-3-4-6-9(8)14(18)19/h3-6H,7H2,1-2H3,(H,13,15)(H,16,17). The van der Waals surface area contributed by atoms with Gasteiger partial charge in [0.15, 0.2) is 0 Å². The number of carbonyl (C=O) groups excluding carboxylic acids is 1. The van der Waals surface area contributed by atoms with Gasteiger partial charge in [-0.3, -0.25) is 19.7 Å². The molecule has 1 amide bonds. The van der Waals surface area contributed by atoms with Crippen LogP contribution in [0.1, 0.15) is 19.4 Å². The molecule has 102 valence electrons. The van der Waals surface area contributed by atoms with Crippen LogP contribution in [0.3, 0.4) is 0 Å². The van der Waals surface area contributed by atoms with Gasteiger partial charge in [0.1, 0.15) is 5.41 Å². The molecule has 1 rings (SSSR count). The second-order valence-electron chi connectivity index (χ2n) is 4.50. The summed E-state index contributed by atoms with van der Waals surface area (Å²) < 4.78 is 0. The molecule has 19 heavy (non-hydrogen) atoms. The molecule has 0 aliphatic rings. The van der Waals surface area contributed by atoms with Crippen molar-refractivity contribution in [2.75, 3.05) is 0 Å². The molecule has 1 aromatic carbocycles. The van der Waals surface area contributed by atoms with Crippen LogP contribution in [0.5, 0.6) is 0 Å². The molecule has 0 unspecified atom stereocenters. The number of carbonyl (C=O) groups is 2. The number of carboxylic acid groups (broad SMARTS) is 1. The minimum atomic E-state index is -1.58. The highest BCUT2D eigenvalue weighted by molar-refractivity contribution is 6.00. The molecule has 0 fully saturated rings. The van der Waals surface area contributed by atoms with Gasteiger partial charge in [0, 0.05) is 18.2 Å². The van der Waals surface area contributed by atoms with E-state index in [4.69, 9.17) is 5.11 Å². The number of hydrogen-bond donors (Lipinski definition) is 2. The highest BCUT2D eigenvalue weighted by Gasteiger charge is 2.35. The van der Waals surface area contributed by atoms with Gasteiger partial charge in [-0.1, -0.05) is 18.2 Å². The third kappa shape index (κ3) is 3.27. The van der Waals surface area contributed by atoms with Crippen molar-refractivity contribution in [3.63, 3.8) is 0 Å². The van der Waals surface area contributed by atoms with Gasteiger partial charge in [-0.25, -0.2) is 0 Å². The molecule has 0 radical (unpaired) electrons. The third-order valence-corrected chi connectivity index (χ3v) is 2.73. The molecule has 0 aromatic heterocycles. The first kappa shape index (κ1) is 14.6. The predicted molar refractivity (Wildman–Crippen MR) is 66.4 cm³/mol. The van der Waals surface area contributed by atoms with E-state index in [1.54, 1.807) is 6.07 Å². The lowest BCUT2D eigenvalue weighted by Crippen LogP contribution is -2.42. The number of nitro benzene ring substituents is 1. The Labute approximate surface area is 109 Å². The summed E-state index contributed by atoms with van der Waals surface area (Å²) in [5.41, 5.74) is -1.37. The van der Waals surface area contributed by atoms with Crippen LogP contribution in [0, 0.1) is 15.5 Å². The Hall–Kier alpha value is -2.44. The van der Waals surface area contributed by atoms with Crippen molar-refractivity contribution < 1.29 is 19.6 Å². The summed E-state index contributed by atoms with van der Waals surface area (Å²) in [6.07, 6.45) is 0. The average Bonchev–Trinajstić information content (AvgIpc) is 2.35. The monoisotopic (exact) mass is 266 g/mol. The summed E-state index contributed by atoms with van der Waals surface area (Å²) in [6, 6.07) is 5.96. The van der Waals surface area contributed by atoms with E-state index >= 15 is 0 Å².